The number of carbonyl (C=O) groups excluding carboxylic acids is 2. The Hall–Kier alpha value is -3.66. The summed E-state index contributed by atoms with van der Waals surface area (Å²) in [6.07, 6.45) is 0.530. The van der Waals surface area contributed by atoms with Crippen LogP contribution in [0.15, 0.2) is 84.9 Å². The quantitative estimate of drug-likeness (QED) is 0.694. The zero-order chi connectivity index (χ0) is 19.5. The van der Waals surface area contributed by atoms with Gasteiger partial charge in [0.15, 0.2) is 0 Å². The van der Waals surface area contributed by atoms with Crippen LogP contribution in [-0.4, -0.2) is 28.4 Å². The van der Waals surface area contributed by atoms with Gasteiger partial charge in [-0.05, 0) is 35.2 Å². The van der Waals surface area contributed by atoms with Crippen LogP contribution in [0.5, 0.6) is 5.75 Å². The molecule has 1 N–H and O–H groups in total. The maximum atomic E-state index is 13.2. The van der Waals surface area contributed by atoms with Gasteiger partial charge < -0.3 is 5.11 Å². The van der Waals surface area contributed by atoms with Crippen LogP contribution < -0.4 is 0 Å². The minimum Gasteiger partial charge on any atom is -0.508 e. The van der Waals surface area contributed by atoms with Crippen LogP contribution in [-0.2, 0) is 16.0 Å². The number of amides is 2. The average Bonchev–Trinajstić information content (AvgIpc) is 2.99. The minimum atomic E-state index is -0.270. The highest BCUT2D eigenvalue weighted by Crippen LogP contribution is 2.35. The molecule has 1 heterocycles. The third-order valence-corrected chi connectivity index (χ3v) is 4.85. The fourth-order valence-electron chi connectivity index (χ4n) is 3.43. The highest BCUT2D eigenvalue weighted by Gasteiger charge is 2.39. The second-order valence-electron chi connectivity index (χ2n) is 6.66. The Balaban J connectivity index is 1.68. The van der Waals surface area contributed by atoms with E-state index in [0.29, 0.717) is 17.6 Å². The third kappa shape index (κ3) is 3.32. The second-order valence-corrected chi connectivity index (χ2v) is 6.66. The Morgan fingerprint density at radius 3 is 1.57 bits per heavy atom. The molecule has 28 heavy (non-hydrogen) atoms. The van der Waals surface area contributed by atoms with Gasteiger partial charge in [-0.25, -0.2) is 0 Å². The van der Waals surface area contributed by atoms with E-state index < -0.39 is 0 Å². The lowest BCUT2D eigenvalue weighted by atomic mass is 9.96. The predicted octanol–water partition coefficient (Wildman–Crippen LogP) is 3.91. The van der Waals surface area contributed by atoms with E-state index in [1.807, 2.05) is 60.7 Å². The highest BCUT2D eigenvalue weighted by atomic mass is 16.3. The molecular weight excluding hydrogens is 350 g/mol. The minimum absolute atomic E-state index is 0.191. The van der Waals surface area contributed by atoms with Crippen molar-refractivity contribution in [2.24, 2.45) is 0 Å². The molecule has 1 aliphatic heterocycles. The van der Waals surface area contributed by atoms with Crippen molar-refractivity contribution in [3.63, 3.8) is 0 Å². The van der Waals surface area contributed by atoms with E-state index in [-0.39, 0.29) is 24.1 Å². The van der Waals surface area contributed by atoms with Crippen LogP contribution in [0.25, 0.3) is 11.1 Å². The molecule has 0 bridgehead atoms. The first-order valence-electron chi connectivity index (χ1n) is 9.14. The number of rotatable bonds is 5. The van der Waals surface area contributed by atoms with Gasteiger partial charge in [-0.2, -0.15) is 0 Å². The van der Waals surface area contributed by atoms with E-state index in [2.05, 4.69) is 0 Å². The molecule has 3 aromatic carbocycles. The molecule has 138 valence electrons. The molecule has 0 radical (unpaired) electrons. The molecule has 0 atom stereocenters. The SMILES string of the molecule is O=C1C(c2ccccc2)=C(c2ccccc2)C(=O)N1CCc1ccc(O)cc1. The number of aromatic hydroxyl groups is 1. The lowest BCUT2D eigenvalue weighted by molar-refractivity contribution is -0.135. The lowest BCUT2D eigenvalue weighted by Crippen LogP contribution is -2.33. The van der Waals surface area contributed by atoms with Gasteiger partial charge in [0.2, 0.25) is 0 Å². The van der Waals surface area contributed by atoms with Crippen molar-refractivity contribution in [2.45, 2.75) is 6.42 Å². The van der Waals surface area contributed by atoms with Crippen LogP contribution in [0.3, 0.4) is 0 Å². The second kappa shape index (κ2) is 7.53. The molecule has 0 saturated carbocycles. The zero-order valence-electron chi connectivity index (χ0n) is 15.2. The Bertz CT molecular complexity index is 977. The molecule has 0 unspecified atom stereocenters. The topological polar surface area (TPSA) is 57.6 Å². The van der Waals surface area contributed by atoms with Crippen molar-refractivity contribution in [3.05, 3.63) is 102 Å². The Morgan fingerprint density at radius 2 is 1.11 bits per heavy atom. The summed E-state index contributed by atoms with van der Waals surface area (Å²) >= 11 is 0. The normalized spacial score (nSPS) is 14.1. The average molecular weight is 369 g/mol. The number of phenols is 1. The fourth-order valence-corrected chi connectivity index (χ4v) is 3.43. The molecule has 4 rings (SSSR count). The number of hydrogen-bond donors (Lipinski definition) is 1. The van der Waals surface area contributed by atoms with E-state index in [0.717, 1.165) is 16.7 Å². The van der Waals surface area contributed by atoms with Gasteiger partial charge in [-0.15, -0.1) is 0 Å². The molecule has 4 nitrogen and oxygen atoms in total. The summed E-state index contributed by atoms with van der Waals surface area (Å²) < 4.78 is 0. The maximum absolute atomic E-state index is 13.2. The molecule has 0 fully saturated rings. The number of carbonyl (C=O) groups is 2. The molecule has 3 aromatic rings. The Labute approximate surface area is 163 Å². The summed E-state index contributed by atoms with van der Waals surface area (Å²) in [5.41, 5.74) is 3.33. The molecule has 0 aromatic heterocycles. The van der Waals surface area contributed by atoms with Crippen LogP contribution in [0, 0.1) is 0 Å². The summed E-state index contributed by atoms with van der Waals surface area (Å²) in [5.74, 6) is -0.348. The molecule has 0 saturated heterocycles. The lowest BCUT2D eigenvalue weighted by Gasteiger charge is -2.15. The van der Waals surface area contributed by atoms with E-state index in [1.165, 1.54) is 4.90 Å². The summed E-state index contributed by atoms with van der Waals surface area (Å²) in [5, 5.41) is 9.42. The van der Waals surface area contributed by atoms with Crippen LogP contribution >= 0.6 is 0 Å². The van der Waals surface area contributed by atoms with Gasteiger partial charge in [0.05, 0.1) is 11.1 Å². The van der Waals surface area contributed by atoms with Crippen molar-refractivity contribution in [1.82, 2.24) is 4.90 Å². The summed E-state index contributed by atoms with van der Waals surface area (Å²) in [4.78, 5) is 27.7. The van der Waals surface area contributed by atoms with E-state index in [9.17, 15) is 14.7 Å². The molecule has 1 aliphatic rings. The fraction of sp³-hybridized carbons (Fsp3) is 0.0833. The first kappa shape index (κ1) is 17.7. The number of nitrogens with zero attached hydrogens (tertiary/aromatic N) is 1. The van der Waals surface area contributed by atoms with Crippen molar-refractivity contribution >= 4 is 23.0 Å². The van der Waals surface area contributed by atoms with Gasteiger partial charge in [0, 0.05) is 6.54 Å². The van der Waals surface area contributed by atoms with E-state index in [1.54, 1.807) is 24.3 Å². The summed E-state index contributed by atoms with van der Waals surface area (Å²) in [7, 11) is 0. The maximum Gasteiger partial charge on any atom is 0.262 e. The van der Waals surface area contributed by atoms with Gasteiger partial charge in [0.25, 0.3) is 11.8 Å². The molecule has 2 amide bonds. The first-order chi connectivity index (χ1) is 13.6. The van der Waals surface area contributed by atoms with Crippen LogP contribution in [0.2, 0.25) is 0 Å². The highest BCUT2D eigenvalue weighted by molar-refractivity contribution is 6.48. The van der Waals surface area contributed by atoms with Crippen molar-refractivity contribution < 1.29 is 14.7 Å². The number of benzene rings is 3. The van der Waals surface area contributed by atoms with Crippen molar-refractivity contribution in [2.75, 3.05) is 6.54 Å². The number of hydrogen-bond acceptors (Lipinski definition) is 3. The zero-order valence-corrected chi connectivity index (χ0v) is 15.2. The van der Waals surface area contributed by atoms with E-state index in [4.69, 9.17) is 0 Å². The Kier molecular flexibility index (Phi) is 4.77. The van der Waals surface area contributed by atoms with Crippen molar-refractivity contribution in [1.29, 1.82) is 0 Å². The van der Waals surface area contributed by atoms with Gasteiger partial charge >= 0.3 is 0 Å². The van der Waals surface area contributed by atoms with Crippen LogP contribution in [0.4, 0.5) is 0 Å². The van der Waals surface area contributed by atoms with Gasteiger partial charge in [-0.1, -0.05) is 72.8 Å². The van der Waals surface area contributed by atoms with Crippen molar-refractivity contribution in [3.8, 4) is 5.75 Å². The van der Waals surface area contributed by atoms with E-state index >= 15 is 0 Å². The monoisotopic (exact) mass is 369 g/mol. The van der Waals surface area contributed by atoms with Gasteiger partial charge in [-0.3, -0.25) is 14.5 Å². The Morgan fingerprint density at radius 1 is 0.643 bits per heavy atom. The predicted molar refractivity (Wildman–Crippen MR) is 108 cm³/mol. The molecule has 0 spiro atoms. The smallest absolute Gasteiger partial charge is 0.262 e. The standard InChI is InChI=1S/C24H19NO3/c26-20-13-11-17(12-14-20)15-16-25-23(27)21(18-7-3-1-4-8-18)22(24(25)28)19-9-5-2-6-10-19/h1-14,26H,15-16H2. The third-order valence-electron chi connectivity index (χ3n) is 4.85. The summed E-state index contributed by atoms with van der Waals surface area (Å²) in [6, 6.07) is 25.4. The summed E-state index contributed by atoms with van der Waals surface area (Å²) in [6.45, 7) is 0.287. The first-order valence-corrected chi connectivity index (χ1v) is 9.14. The molecular formula is C24H19NO3. The molecule has 0 aliphatic carbocycles. The van der Waals surface area contributed by atoms with Gasteiger partial charge in [0.1, 0.15) is 5.75 Å². The molecule has 4 heteroatoms. The number of phenolic OH excluding ortho intramolecular Hbond substituents is 1. The largest absolute Gasteiger partial charge is 0.508 e. The number of imide groups is 1. The van der Waals surface area contributed by atoms with Crippen LogP contribution in [0.1, 0.15) is 16.7 Å².